The van der Waals surface area contributed by atoms with Crippen LogP contribution in [0.15, 0.2) is 24.3 Å². The second-order valence-corrected chi connectivity index (χ2v) is 5.41. The van der Waals surface area contributed by atoms with Crippen molar-refractivity contribution in [3.8, 4) is 0 Å². The average Bonchev–Trinajstić information content (AvgIpc) is 2.81. The SMILES string of the molecule is CCc1nn(CC)c(CN[C@@H](C)c2ccc(F)cc2)c1Cl. The molecule has 1 heterocycles. The molecule has 0 unspecified atom stereocenters. The van der Waals surface area contributed by atoms with Gasteiger partial charge >= 0.3 is 0 Å². The molecular weight excluding hydrogens is 289 g/mol. The number of nitrogens with one attached hydrogen (secondary N) is 1. The summed E-state index contributed by atoms with van der Waals surface area (Å²) in [6.07, 6.45) is 0.826. The van der Waals surface area contributed by atoms with E-state index in [1.807, 2.05) is 11.6 Å². The van der Waals surface area contributed by atoms with E-state index in [0.717, 1.165) is 34.9 Å². The smallest absolute Gasteiger partial charge is 0.123 e. The third-order valence-corrected chi connectivity index (χ3v) is 4.08. The quantitative estimate of drug-likeness (QED) is 0.870. The Morgan fingerprint density at radius 1 is 1.29 bits per heavy atom. The molecule has 21 heavy (non-hydrogen) atoms. The van der Waals surface area contributed by atoms with Crippen LogP contribution in [0.3, 0.4) is 0 Å². The summed E-state index contributed by atoms with van der Waals surface area (Å²) in [6, 6.07) is 6.66. The van der Waals surface area contributed by atoms with Crippen molar-refractivity contribution in [3.63, 3.8) is 0 Å². The van der Waals surface area contributed by atoms with Crippen molar-refractivity contribution in [2.24, 2.45) is 0 Å². The predicted molar refractivity (Wildman–Crippen MR) is 83.9 cm³/mol. The fourth-order valence-electron chi connectivity index (χ4n) is 2.31. The maximum absolute atomic E-state index is 12.9. The Kier molecular flexibility index (Phi) is 5.37. The molecule has 0 fully saturated rings. The normalized spacial score (nSPS) is 12.6. The molecule has 0 bridgehead atoms. The number of benzene rings is 1. The summed E-state index contributed by atoms with van der Waals surface area (Å²) in [5.74, 6) is -0.217. The maximum atomic E-state index is 12.9. The minimum atomic E-state index is -0.217. The van der Waals surface area contributed by atoms with Crippen LogP contribution in [0.1, 0.15) is 43.8 Å². The highest BCUT2D eigenvalue weighted by Gasteiger charge is 2.15. The number of aromatic nitrogens is 2. The molecule has 1 N–H and O–H groups in total. The lowest BCUT2D eigenvalue weighted by Crippen LogP contribution is -2.20. The summed E-state index contributed by atoms with van der Waals surface area (Å²) in [5, 5.41) is 8.67. The number of hydrogen-bond acceptors (Lipinski definition) is 2. The van der Waals surface area contributed by atoms with Gasteiger partial charge in [-0.1, -0.05) is 30.7 Å². The van der Waals surface area contributed by atoms with E-state index in [1.54, 1.807) is 12.1 Å². The van der Waals surface area contributed by atoms with Crippen LogP contribution >= 0.6 is 11.6 Å². The van der Waals surface area contributed by atoms with Crippen LogP contribution in [0, 0.1) is 5.82 Å². The van der Waals surface area contributed by atoms with Gasteiger partial charge in [0.2, 0.25) is 0 Å². The van der Waals surface area contributed by atoms with Gasteiger partial charge in [0, 0.05) is 19.1 Å². The summed E-state index contributed by atoms with van der Waals surface area (Å²) in [5.41, 5.74) is 2.99. The molecule has 0 aliphatic carbocycles. The lowest BCUT2D eigenvalue weighted by molar-refractivity contribution is 0.529. The van der Waals surface area contributed by atoms with Crippen LogP contribution in [-0.2, 0) is 19.5 Å². The van der Waals surface area contributed by atoms with E-state index in [1.165, 1.54) is 12.1 Å². The highest BCUT2D eigenvalue weighted by atomic mass is 35.5. The van der Waals surface area contributed by atoms with Gasteiger partial charge in [0.15, 0.2) is 0 Å². The second-order valence-electron chi connectivity index (χ2n) is 5.03. The summed E-state index contributed by atoms with van der Waals surface area (Å²) >= 11 is 6.39. The van der Waals surface area contributed by atoms with E-state index in [0.29, 0.717) is 6.54 Å². The van der Waals surface area contributed by atoms with Crippen molar-refractivity contribution in [3.05, 3.63) is 52.1 Å². The van der Waals surface area contributed by atoms with Crippen molar-refractivity contribution >= 4 is 11.6 Å². The zero-order valence-electron chi connectivity index (χ0n) is 12.7. The summed E-state index contributed by atoms with van der Waals surface area (Å²) in [7, 11) is 0. The molecule has 5 heteroatoms. The lowest BCUT2D eigenvalue weighted by atomic mass is 10.1. The first-order chi connectivity index (χ1) is 10.1. The molecule has 2 rings (SSSR count). The molecule has 0 saturated heterocycles. The molecule has 1 atom stereocenters. The zero-order valence-corrected chi connectivity index (χ0v) is 13.4. The van der Waals surface area contributed by atoms with E-state index in [-0.39, 0.29) is 11.9 Å². The highest BCUT2D eigenvalue weighted by molar-refractivity contribution is 6.31. The monoisotopic (exact) mass is 309 g/mol. The van der Waals surface area contributed by atoms with Crippen LogP contribution in [-0.4, -0.2) is 9.78 Å². The first kappa shape index (κ1) is 16.0. The van der Waals surface area contributed by atoms with Gasteiger partial charge in [-0.05, 0) is 38.0 Å². The van der Waals surface area contributed by atoms with Gasteiger partial charge in [0.05, 0.1) is 16.4 Å². The Bertz CT molecular complexity index is 592. The Labute approximate surface area is 130 Å². The number of nitrogens with zero attached hydrogens (tertiary/aromatic N) is 2. The minimum absolute atomic E-state index is 0.118. The first-order valence-corrected chi connectivity index (χ1v) is 7.67. The molecule has 0 saturated carbocycles. The lowest BCUT2D eigenvalue weighted by Gasteiger charge is -2.15. The predicted octanol–water partition coefficient (Wildman–Crippen LogP) is 4.11. The van der Waals surface area contributed by atoms with E-state index in [2.05, 4.69) is 24.3 Å². The Hall–Kier alpha value is -1.39. The third-order valence-electron chi connectivity index (χ3n) is 3.64. The van der Waals surface area contributed by atoms with E-state index < -0.39 is 0 Å². The van der Waals surface area contributed by atoms with Gasteiger partial charge < -0.3 is 5.32 Å². The molecular formula is C16H21ClFN3. The molecule has 2 aromatic rings. The molecule has 0 spiro atoms. The second kappa shape index (κ2) is 7.05. The number of halogens is 2. The largest absolute Gasteiger partial charge is 0.305 e. The molecule has 0 aliphatic heterocycles. The van der Waals surface area contributed by atoms with E-state index in [9.17, 15) is 4.39 Å². The van der Waals surface area contributed by atoms with Crippen molar-refractivity contribution < 1.29 is 4.39 Å². The van der Waals surface area contributed by atoms with Crippen molar-refractivity contribution in [2.75, 3.05) is 0 Å². The Morgan fingerprint density at radius 3 is 2.52 bits per heavy atom. The summed E-state index contributed by atoms with van der Waals surface area (Å²) < 4.78 is 14.9. The zero-order chi connectivity index (χ0) is 15.4. The Balaban J connectivity index is 2.09. The molecule has 0 aliphatic rings. The fourth-order valence-corrected chi connectivity index (χ4v) is 2.64. The standard InChI is InChI=1S/C16H21ClFN3/c1-4-14-16(17)15(21(5-2)20-14)10-19-11(3)12-6-8-13(18)9-7-12/h6-9,11,19H,4-5,10H2,1-3H3/t11-/m0/s1. The van der Waals surface area contributed by atoms with Gasteiger partial charge in [-0.3, -0.25) is 4.68 Å². The van der Waals surface area contributed by atoms with Crippen LogP contribution < -0.4 is 5.32 Å². The van der Waals surface area contributed by atoms with Crippen LogP contribution in [0.5, 0.6) is 0 Å². The summed E-state index contributed by atoms with van der Waals surface area (Å²) in [6.45, 7) is 7.58. The number of hydrogen-bond donors (Lipinski definition) is 1. The molecule has 0 amide bonds. The molecule has 114 valence electrons. The topological polar surface area (TPSA) is 29.9 Å². The Morgan fingerprint density at radius 2 is 1.95 bits per heavy atom. The number of aryl methyl sites for hydroxylation is 2. The van der Waals surface area contributed by atoms with Gasteiger partial charge in [-0.15, -0.1) is 0 Å². The fraction of sp³-hybridized carbons (Fsp3) is 0.438. The van der Waals surface area contributed by atoms with Crippen molar-refractivity contribution in [1.29, 1.82) is 0 Å². The van der Waals surface area contributed by atoms with Crippen molar-refractivity contribution in [2.45, 2.75) is 46.3 Å². The van der Waals surface area contributed by atoms with Crippen LogP contribution in [0.25, 0.3) is 0 Å². The third kappa shape index (κ3) is 3.63. The summed E-state index contributed by atoms with van der Waals surface area (Å²) in [4.78, 5) is 0. The van der Waals surface area contributed by atoms with Crippen LogP contribution in [0.2, 0.25) is 5.02 Å². The first-order valence-electron chi connectivity index (χ1n) is 7.29. The maximum Gasteiger partial charge on any atom is 0.123 e. The van der Waals surface area contributed by atoms with E-state index >= 15 is 0 Å². The van der Waals surface area contributed by atoms with Gasteiger partial charge in [0.1, 0.15) is 5.82 Å². The molecule has 1 aromatic heterocycles. The molecule has 0 radical (unpaired) electrons. The van der Waals surface area contributed by atoms with Gasteiger partial charge in [-0.25, -0.2) is 4.39 Å². The van der Waals surface area contributed by atoms with Crippen molar-refractivity contribution in [1.82, 2.24) is 15.1 Å². The van der Waals surface area contributed by atoms with Gasteiger partial charge in [-0.2, -0.15) is 5.10 Å². The average molecular weight is 310 g/mol. The number of rotatable bonds is 6. The molecule has 1 aromatic carbocycles. The minimum Gasteiger partial charge on any atom is -0.305 e. The molecule has 3 nitrogen and oxygen atoms in total. The van der Waals surface area contributed by atoms with Crippen LogP contribution in [0.4, 0.5) is 4.39 Å². The van der Waals surface area contributed by atoms with Gasteiger partial charge in [0.25, 0.3) is 0 Å². The van der Waals surface area contributed by atoms with E-state index in [4.69, 9.17) is 11.6 Å². The highest BCUT2D eigenvalue weighted by Crippen LogP contribution is 2.22.